The molecule has 174 valence electrons. The summed E-state index contributed by atoms with van der Waals surface area (Å²) in [6.07, 6.45) is 5.20. The number of aromatic nitrogens is 2. The Kier molecular flexibility index (Phi) is 7.96. The summed E-state index contributed by atoms with van der Waals surface area (Å²) < 4.78 is 10.1. The van der Waals surface area contributed by atoms with Crippen LogP contribution >= 0.6 is 0 Å². The number of pyridine rings is 2. The molecule has 10 nitrogen and oxygen atoms in total. The Bertz CT molecular complexity index is 999. The third-order valence-corrected chi connectivity index (χ3v) is 5.08. The molecule has 0 amide bonds. The maximum atomic E-state index is 12.3. The van der Waals surface area contributed by atoms with E-state index in [4.69, 9.17) is 14.6 Å². The van der Waals surface area contributed by atoms with Crippen LogP contribution in [0.3, 0.4) is 0 Å². The van der Waals surface area contributed by atoms with Crippen molar-refractivity contribution in [1.82, 2.24) is 9.97 Å². The molecule has 2 aromatic rings. The molecule has 1 aliphatic heterocycles. The summed E-state index contributed by atoms with van der Waals surface area (Å²) in [4.78, 5) is 47.8. The van der Waals surface area contributed by atoms with Gasteiger partial charge in [-0.25, -0.2) is 24.4 Å². The van der Waals surface area contributed by atoms with Gasteiger partial charge in [-0.1, -0.05) is 12.2 Å². The van der Waals surface area contributed by atoms with Gasteiger partial charge in [-0.05, 0) is 38.1 Å². The first-order valence-corrected chi connectivity index (χ1v) is 10.5. The highest BCUT2D eigenvalue weighted by Crippen LogP contribution is 2.18. The minimum atomic E-state index is -1.02. The van der Waals surface area contributed by atoms with Gasteiger partial charge >= 0.3 is 17.9 Å². The molecule has 0 spiro atoms. The van der Waals surface area contributed by atoms with Crippen LogP contribution in [-0.4, -0.2) is 71.9 Å². The van der Waals surface area contributed by atoms with Crippen molar-refractivity contribution < 1.29 is 29.0 Å². The Morgan fingerprint density at radius 2 is 1.55 bits per heavy atom. The Morgan fingerprint density at radius 1 is 1.00 bits per heavy atom. The highest BCUT2D eigenvalue weighted by Gasteiger charge is 2.22. The van der Waals surface area contributed by atoms with Crippen LogP contribution in [0.5, 0.6) is 0 Å². The molecule has 0 saturated carbocycles. The number of esters is 2. The highest BCUT2D eigenvalue weighted by molar-refractivity contribution is 5.91. The molecule has 10 heteroatoms. The van der Waals surface area contributed by atoms with Gasteiger partial charge in [0, 0.05) is 38.6 Å². The van der Waals surface area contributed by atoms with E-state index in [0.717, 1.165) is 11.6 Å². The lowest BCUT2D eigenvalue weighted by Crippen LogP contribution is -2.47. The topological polar surface area (TPSA) is 122 Å². The van der Waals surface area contributed by atoms with E-state index in [9.17, 15) is 14.4 Å². The van der Waals surface area contributed by atoms with Crippen LogP contribution < -0.4 is 9.80 Å². The van der Waals surface area contributed by atoms with E-state index in [2.05, 4.69) is 19.8 Å². The van der Waals surface area contributed by atoms with Gasteiger partial charge in [0.2, 0.25) is 0 Å². The number of hydrogen-bond acceptors (Lipinski definition) is 9. The number of carboxylic acid groups (broad SMARTS) is 1. The molecule has 0 aliphatic carbocycles. The second-order valence-corrected chi connectivity index (χ2v) is 7.34. The zero-order valence-corrected chi connectivity index (χ0v) is 18.5. The molecule has 1 saturated heterocycles. The molecular weight excluding hydrogens is 428 g/mol. The first-order chi connectivity index (χ1) is 15.9. The number of nitrogens with zero attached hydrogens (tertiary/aromatic N) is 4. The molecule has 1 N–H and O–H groups in total. The second-order valence-electron chi connectivity index (χ2n) is 7.34. The summed E-state index contributed by atoms with van der Waals surface area (Å²) in [5.41, 5.74) is 0.397. The number of rotatable bonds is 8. The number of carbonyl (C=O) groups excluding carboxylic acids is 2. The van der Waals surface area contributed by atoms with Crippen LogP contribution in [0.25, 0.3) is 0 Å². The van der Waals surface area contributed by atoms with Crippen LogP contribution in [0.1, 0.15) is 34.6 Å². The quantitative estimate of drug-likeness (QED) is 0.469. The van der Waals surface area contributed by atoms with Gasteiger partial charge in [0.1, 0.15) is 18.2 Å². The summed E-state index contributed by atoms with van der Waals surface area (Å²) in [7, 11) is 0. The normalized spacial score (nSPS) is 14.7. The lowest BCUT2D eigenvalue weighted by atomic mass is 10.2. The molecule has 0 unspecified atom stereocenters. The van der Waals surface area contributed by atoms with Crippen molar-refractivity contribution in [3.05, 3.63) is 59.9 Å². The minimum absolute atomic E-state index is 0.129. The lowest BCUT2D eigenvalue weighted by Gasteiger charge is -2.36. The van der Waals surface area contributed by atoms with Crippen molar-refractivity contribution in [3.8, 4) is 0 Å². The van der Waals surface area contributed by atoms with Gasteiger partial charge in [0.25, 0.3) is 0 Å². The second kappa shape index (κ2) is 11.1. The molecule has 33 heavy (non-hydrogen) atoms. The average molecular weight is 454 g/mol. The van der Waals surface area contributed by atoms with Crippen LogP contribution in [0.15, 0.2) is 48.8 Å². The zero-order chi connectivity index (χ0) is 23.8. The van der Waals surface area contributed by atoms with Gasteiger partial charge in [-0.2, -0.15) is 0 Å². The average Bonchev–Trinajstić information content (AvgIpc) is 2.84. The SMILES string of the molecule is C/C=C/COC(=O)[C@H](C)OC(=O)c1ccc(N2CCN(c3ccc(C(=O)O)cn3)CC2)nc1. The zero-order valence-electron chi connectivity index (χ0n) is 18.5. The van der Waals surface area contributed by atoms with Gasteiger partial charge in [-0.15, -0.1) is 0 Å². The standard InChI is InChI=1S/C23H26N4O6/c1-3-4-13-32-22(30)16(2)33-23(31)18-6-8-20(25-15-18)27-11-9-26(10-12-27)19-7-5-17(14-24-19)21(28)29/h3-8,14-16H,9-13H2,1-2H3,(H,28,29)/b4-3+/t16-/m0/s1. The summed E-state index contributed by atoms with van der Waals surface area (Å²) in [5, 5.41) is 8.99. The van der Waals surface area contributed by atoms with E-state index >= 15 is 0 Å². The predicted molar refractivity (Wildman–Crippen MR) is 121 cm³/mol. The molecule has 0 aromatic carbocycles. The fourth-order valence-electron chi connectivity index (χ4n) is 3.18. The number of hydrogen-bond donors (Lipinski definition) is 1. The Labute approximate surface area is 191 Å². The number of carbonyl (C=O) groups is 3. The number of aromatic carboxylic acids is 1. The molecule has 2 aromatic heterocycles. The molecular formula is C23H26N4O6. The summed E-state index contributed by atoms with van der Waals surface area (Å²) >= 11 is 0. The number of allylic oxidation sites excluding steroid dienone is 1. The molecule has 3 heterocycles. The van der Waals surface area contributed by atoms with Gasteiger partial charge < -0.3 is 24.4 Å². The van der Waals surface area contributed by atoms with E-state index in [1.165, 1.54) is 19.3 Å². The van der Waals surface area contributed by atoms with E-state index < -0.39 is 24.0 Å². The summed E-state index contributed by atoms with van der Waals surface area (Å²) in [5.74, 6) is -0.819. The Hall–Kier alpha value is -3.95. The largest absolute Gasteiger partial charge is 0.478 e. The van der Waals surface area contributed by atoms with E-state index in [1.54, 1.807) is 36.4 Å². The maximum Gasteiger partial charge on any atom is 0.347 e. The number of piperazine rings is 1. The van der Waals surface area contributed by atoms with E-state index in [1.807, 2.05) is 6.92 Å². The molecule has 0 bridgehead atoms. The third-order valence-electron chi connectivity index (χ3n) is 5.08. The van der Waals surface area contributed by atoms with Crippen molar-refractivity contribution in [2.24, 2.45) is 0 Å². The number of anilines is 2. The van der Waals surface area contributed by atoms with Crippen molar-refractivity contribution in [3.63, 3.8) is 0 Å². The molecule has 1 fully saturated rings. The smallest absolute Gasteiger partial charge is 0.347 e. The maximum absolute atomic E-state index is 12.3. The number of ether oxygens (including phenoxy) is 2. The number of carboxylic acids is 1. The minimum Gasteiger partial charge on any atom is -0.478 e. The van der Waals surface area contributed by atoms with Gasteiger partial charge in [0.15, 0.2) is 6.10 Å². The van der Waals surface area contributed by atoms with Crippen LogP contribution in [0, 0.1) is 0 Å². The molecule has 0 radical (unpaired) electrons. The van der Waals surface area contributed by atoms with Gasteiger partial charge in [-0.3, -0.25) is 0 Å². The van der Waals surface area contributed by atoms with Crippen LogP contribution in [0.2, 0.25) is 0 Å². The monoisotopic (exact) mass is 454 g/mol. The van der Waals surface area contributed by atoms with Crippen molar-refractivity contribution in [2.75, 3.05) is 42.6 Å². The fourth-order valence-corrected chi connectivity index (χ4v) is 3.18. The third kappa shape index (κ3) is 6.28. The van der Waals surface area contributed by atoms with Crippen LogP contribution in [-0.2, 0) is 14.3 Å². The van der Waals surface area contributed by atoms with Gasteiger partial charge in [0.05, 0.1) is 11.1 Å². The molecule has 1 aliphatic rings. The summed E-state index contributed by atoms with van der Waals surface area (Å²) in [6, 6.07) is 6.59. The molecule has 1 atom stereocenters. The Morgan fingerprint density at radius 3 is 2.00 bits per heavy atom. The molecule has 3 rings (SSSR count). The summed E-state index contributed by atoms with van der Waals surface area (Å²) in [6.45, 7) is 6.16. The lowest BCUT2D eigenvalue weighted by molar-refractivity contribution is -0.151. The first kappa shape index (κ1) is 23.7. The highest BCUT2D eigenvalue weighted by atomic mass is 16.6. The predicted octanol–water partition coefficient (Wildman–Crippen LogP) is 2.17. The first-order valence-electron chi connectivity index (χ1n) is 10.5. The van der Waals surface area contributed by atoms with E-state index in [-0.39, 0.29) is 17.7 Å². The Balaban J connectivity index is 1.51. The van der Waals surface area contributed by atoms with Crippen molar-refractivity contribution in [2.45, 2.75) is 20.0 Å². The van der Waals surface area contributed by atoms with E-state index in [0.29, 0.717) is 26.2 Å². The van der Waals surface area contributed by atoms with Crippen molar-refractivity contribution in [1.29, 1.82) is 0 Å². The fraction of sp³-hybridized carbons (Fsp3) is 0.348. The van der Waals surface area contributed by atoms with Crippen LogP contribution in [0.4, 0.5) is 11.6 Å². The van der Waals surface area contributed by atoms with Crippen molar-refractivity contribution >= 4 is 29.5 Å².